The van der Waals surface area contributed by atoms with Gasteiger partial charge in [-0.3, -0.25) is 9.69 Å². The molecular weight excluding hydrogens is 342 g/mol. The average molecular weight is 359 g/mol. The fraction of sp³-hybridized carbons (Fsp3) is 0.0952. The fourth-order valence-corrected chi connectivity index (χ4v) is 2.61. The molecule has 0 unspecified atom stereocenters. The monoisotopic (exact) mass is 359 g/mol. The molecule has 6 nitrogen and oxygen atoms in total. The summed E-state index contributed by atoms with van der Waals surface area (Å²) in [6.45, 7) is 3.99. The van der Waals surface area contributed by atoms with Crippen LogP contribution in [0.3, 0.4) is 0 Å². The minimum atomic E-state index is -0.456. The van der Waals surface area contributed by atoms with Gasteiger partial charge in [0.2, 0.25) is 0 Å². The number of ether oxygens (including phenoxy) is 1. The molecular formula is C21H17N3O3. The molecule has 0 saturated carbocycles. The zero-order chi connectivity index (χ0) is 19.2. The Morgan fingerprint density at radius 1 is 1.15 bits per heavy atom. The van der Waals surface area contributed by atoms with Gasteiger partial charge in [-0.15, -0.1) is 6.58 Å². The third-order valence-electron chi connectivity index (χ3n) is 4.00. The van der Waals surface area contributed by atoms with Crippen molar-refractivity contribution in [3.63, 3.8) is 0 Å². The van der Waals surface area contributed by atoms with Crippen molar-refractivity contribution >= 4 is 18.0 Å². The van der Waals surface area contributed by atoms with E-state index in [1.165, 1.54) is 6.08 Å². The van der Waals surface area contributed by atoms with Gasteiger partial charge in [0.25, 0.3) is 5.91 Å². The molecule has 134 valence electrons. The van der Waals surface area contributed by atoms with Gasteiger partial charge < -0.3 is 10.1 Å². The first-order valence-corrected chi connectivity index (χ1v) is 8.28. The highest BCUT2D eigenvalue weighted by Gasteiger charge is 2.32. The highest BCUT2D eigenvalue weighted by Crippen LogP contribution is 2.19. The second-order valence-corrected chi connectivity index (χ2v) is 5.82. The fourth-order valence-electron chi connectivity index (χ4n) is 2.61. The topological polar surface area (TPSA) is 82.4 Å². The van der Waals surface area contributed by atoms with Crippen LogP contribution in [0, 0.1) is 11.3 Å². The Kier molecular flexibility index (Phi) is 5.33. The summed E-state index contributed by atoms with van der Waals surface area (Å²) in [5.74, 6) is 0.258. The summed E-state index contributed by atoms with van der Waals surface area (Å²) in [5, 5.41) is 11.7. The number of nitriles is 1. The lowest BCUT2D eigenvalue weighted by Crippen LogP contribution is -2.30. The van der Waals surface area contributed by atoms with Crippen LogP contribution in [0.25, 0.3) is 6.08 Å². The van der Waals surface area contributed by atoms with Crippen LogP contribution in [-0.2, 0) is 11.4 Å². The number of nitrogens with zero attached hydrogens (tertiary/aromatic N) is 2. The van der Waals surface area contributed by atoms with Gasteiger partial charge in [-0.25, -0.2) is 4.79 Å². The van der Waals surface area contributed by atoms with Crippen molar-refractivity contribution in [2.45, 2.75) is 6.61 Å². The van der Waals surface area contributed by atoms with E-state index in [-0.39, 0.29) is 24.8 Å². The van der Waals surface area contributed by atoms with E-state index in [1.807, 2.05) is 18.2 Å². The van der Waals surface area contributed by atoms with E-state index >= 15 is 0 Å². The Morgan fingerprint density at radius 2 is 1.89 bits per heavy atom. The number of carbonyl (C=O) groups is 2. The molecule has 0 aromatic heterocycles. The van der Waals surface area contributed by atoms with Crippen LogP contribution in [0.5, 0.6) is 5.75 Å². The van der Waals surface area contributed by atoms with Crippen LogP contribution < -0.4 is 10.1 Å². The first-order chi connectivity index (χ1) is 13.1. The maximum absolute atomic E-state index is 12.2. The van der Waals surface area contributed by atoms with Crippen molar-refractivity contribution in [2.24, 2.45) is 0 Å². The molecule has 2 aromatic rings. The normalized spacial score (nSPS) is 14.8. The molecule has 1 saturated heterocycles. The quantitative estimate of drug-likeness (QED) is 0.488. The maximum Gasteiger partial charge on any atom is 0.329 e. The van der Waals surface area contributed by atoms with Crippen LogP contribution in [0.15, 0.2) is 66.9 Å². The zero-order valence-corrected chi connectivity index (χ0v) is 14.5. The summed E-state index contributed by atoms with van der Waals surface area (Å²) in [7, 11) is 0. The number of rotatable bonds is 6. The largest absolute Gasteiger partial charge is 0.489 e. The Morgan fingerprint density at radius 3 is 2.59 bits per heavy atom. The minimum absolute atomic E-state index is 0.166. The molecule has 0 radical (unpaired) electrons. The molecule has 1 N–H and O–H groups in total. The molecule has 1 heterocycles. The Balaban J connectivity index is 1.67. The maximum atomic E-state index is 12.2. The van der Waals surface area contributed by atoms with Crippen LogP contribution in [0.4, 0.5) is 4.79 Å². The SMILES string of the molecule is C=CCN1C(=O)N/C(=C\c2ccc(OCc3ccccc3C#N)cc2)C1=O. The molecule has 2 aromatic carbocycles. The van der Waals surface area contributed by atoms with E-state index in [0.717, 1.165) is 16.0 Å². The summed E-state index contributed by atoms with van der Waals surface area (Å²) in [5.41, 5.74) is 2.37. The van der Waals surface area contributed by atoms with Crippen LogP contribution in [-0.4, -0.2) is 23.4 Å². The number of urea groups is 1. The number of benzene rings is 2. The van der Waals surface area contributed by atoms with Gasteiger partial charge in [0.1, 0.15) is 18.1 Å². The van der Waals surface area contributed by atoms with Gasteiger partial charge in [-0.1, -0.05) is 36.4 Å². The predicted molar refractivity (Wildman–Crippen MR) is 100 cm³/mol. The molecule has 0 spiro atoms. The lowest BCUT2D eigenvalue weighted by Gasteiger charge is -2.08. The van der Waals surface area contributed by atoms with Crippen LogP contribution in [0.1, 0.15) is 16.7 Å². The number of imide groups is 1. The second kappa shape index (κ2) is 8.02. The molecule has 1 fully saturated rings. The van der Waals surface area contributed by atoms with Gasteiger partial charge in [-0.2, -0.15) is 5.26 Å². The van der Waals surface area contributed by atoms with Crippen molar-refractivity contribution in [3.8, 4) is 11.8 Å². The van der Waals surface area contributed by atoms with Crippen molar-refractivity contribution in [1.29, 1.82) is 5.26 Å². The zero-order valence-electron chi connectivity index (χ0n) is 14.5. The minimum Gasteiger partial charge on any atom is -0.489 e. The van der Waals surface area contributed by atoms with Gasteiger partial charge >= 0.3 is 6.03 Å². The Bertz CT molecular complexity index is 955. The van der Waals surface area contributed by atoms with Gasteiger partial charge in [0, 0.05) is 12.1 Å². The predicted octanol–water partition coefficient (Wildman–Crippen LogP) is 3.22. The van der Waals surface area contributed by atoms with Gasteiger partial charge in [-0.05, 0) is 29.8 Å². The molecule has 3 amide bonds. The highest BCUT2D eigenvalue weighted by molar-refractivity contribution is 6.14. The first kappa shape index (κ1) is 18.0. The van der Waals surface area contributed by atoms with E-state index in [0.29, 0.717) is 11.3 Å². The van der Waals surface area contributed by atoms with Crippen LogP contribution in [0.2, 0.25) is 0 Å². The number of hydrogen-bond acceptors (Lipinski definition) is 4. The van der Waals surface area contributed by atoms with Gasteiger partial charge in [0.05, 0.1) is 11.6 Å². The van der Waals surface area contributed by atoms with E-state index in [4.69, 9.17) is 10.00 Å². The summed E-state index contributed by atoms with van der Waals surface area (Å²) < 4.78 is 5.72. The van der Waals surface area contributed by atoms with Crippen molar-refractivity contribution in [2.75, 3.05) is 6.54 Å². The Labute approximate surface area is 157 Å². The molecule has 0 aliphatic carbocycles. The Hall–Kier alpha value is -3.85. The molecule has 0 bridgehead atoms. The molecule has 27 heavy (non-hydrogen) atoms. The molecule has 1 aliphatic heterocycles. The second-order valence-electron chi connectivity index (χ2n) is 5.82. The summed E-state index contributed by atoms with van der Waals surface area (Å²) >= 11 is 0. The average Bonchev–Trinajstić information content (AvgIpc) is 2.95. The summed E-state index contributed by atoms with van der Waals surface area (Å²) in [6.07, 6.45) is 3.11. The lowest BCUT2D eigenvalue weighted by molar-refractivity contribution is -0.122. The van der Waals surface area contributed by atoms with E-state index in [2.05, 4.69) is 18.0 Å². The lowest BCUT2D eigenvalue weighted by atomic mass is 10.1. The first-order valence-electron chi connectivity index (χ1n) is 8.28. The van der Waals surface area contributed by atoms with Crippen LogP contribution >= 0.6 is 0 Å². The smallest absolute Gasteiger partial charge is 0.329 e. The third-order valence-corrected chi connectivity index (χ3v) is 4.00. The number of hydrogen-bond donors (Lipinski definition) is 1. The van der Waals surface area contributed by atoms with E-state index in [1.54, 1.807) is 36.4 Å². The third kappa shape index (κ3) is 4.05. The molecule has 6 heteroatoms. The highest BCUT2D eigenvalue weighted by atomic mass is 16.5. The van der Waals surface area contributed by atoms with Gasteiger partial charge in [0.15, 0.2) is 0 Å². The molecule has 0 atom stereocenters. The van der Waals surface area contributed by atoms with Crippen molar-refractivity contribution in [3.05, 3.63) is 83.6 Å². The van der Waals surface area contributed by atoms with Crippen molar-refractivity contribution < 1.29 is 14.3 Å². The van der Waals surface area contributed by atoms with E-state index in [9.17, 15) is 9.59 Å². The van der Waals surface area contributed by atoms with E-state index < -0.39 is 6.03 Å². The number of carbonyl (C=O) groups excluding carboxylic acids is 2. The molecule has 3 rings (SSSR count). The summed E-state index contributed by atoms with van der Waals surface area (Å²) in [6, 6.07) is 16.1. The van der Waals surface area contributed by atoms with Crippen molar-refractivity contribution in [1.82, 2.24) is 10.2 Å². The summed E-state index contributed by atoms with van der Waals surface area (Å²) in [4.78, 5) is 25.0. The standard InChI is InChI=1S/C21H17N3O3/c1-2-11-24-20(25)19(23-21(24)26)12-15-7-9-18(10-8-15)27-14-17-6-4-3-5-16(17)13-22/h2-10,12H,1,11,14H2,(H,23,26)/b19-12-. The molecule has 1 aliphatic rings. The number of nitrogens with one attached hydrogen (secondary N) is 1. The number of amides is 3.